The van der Waals surface area contributed by atoms with E-state index < -0.39 is 24.4 Å². The van der Waals surface area contributed by atoms with Gasteiger partial charge in [-0.2, -0.15) is 8.78 Å². The number of carbonyl (C=O) groups is 1. The molecule has 0 saturated carbocycles. The molecular formula is C22H18F3NO3. The van der Waals surface area contributed by atoms with E-state index >= 15 is 0 Å². The number of hydrogen-bond acceptors (Lipinski definition) is 3. The van der Waals surface area contributed by atoms with Crippen molar-refractivity contribution < 1.29 is 27.4 Å². The second-order valence-electron chi connectivity index (χ2n) is 6.10. The van der Waals surface area contributed by atoms with Gasteiger partial charge in [0.1, 0.15) is 17.3 Å². The third-order valence-electron chi connectivity index (χ3n) is 4.04. The van der Waals surface area contributed by atoms with Crippen molar-refractivity contribution >= 4 is 5.91 Å². The highest BCUT2D eigenvalue weighted by Crippen LogP contribution is 2.25. The van der Waals surface area contributed by atoms with Crippen LogP contribution in [0.1, 0.15) is 17.2 Å². The predicted molar refractivity (Wildman–Crippen MR) is 101 cm³/mol. The number of benzene rings is 3. The maximum absolute atomic E-state index is 13.2. The Morgan fingerprint density at radius 1 is 0.862 bits per heavy atom. The van der Waals surface area contributed by atoms with Crippen molar-refractivity contribution in [3.05, 3.63) is 95.8 Å². The van der Waals surface area contributed by atoms with Gasteiger partial charge >= 0.3 is 6.61 Å². The minimum atomic E-state index is -2.91. The quantitative estimate of drug-likeness (QED) is 0.595. The second kappa shape index (κ2) is 9.64. The van der Waals surface area contributed by atoms with Crippen molar-refractivity contribution in [2.24, 2.45) is 0 Å². The lowest BCUT2D eigenvalue weighted by atomic mass is 9.98. The Morgan fingerprint density at radius 3 is 2.21 bits per heavy atom. The summed E-state index contributed by atoms with van der Waals surface area (Å²) in [7, 11) is 0. The summed E-state index contributed by atoms with van der Waals surface area (Å²) in [5.74, 6) is -0.617. The molecule has 1 amide bonds. The lowest BCUT2D eigenvalue weighted by molar-refractivity contribution is -0.123. The zero-order chi connectivity index (χ0) is 20.6. The van der Waals surface area contributed by atoms with Gasteiger partial charge in [0.05, 0.1) is 6.04 Å². The van der Waals surface area contributed by atoms with E-state index in [2.05, 4.69) is 10.1 Å². The van der Waals surface area contributed by atoms with Crippen LogP contribution < -0.4 is 14.8 Å². The molecule has 0 heterocycles. The number of ether oxygens (including phenoxy) is 2. The monoisotopic (exact) mass is 401 g/mol. The van der Waals surface area contributed by atoms with E-state index in [9.17, 15) is 18.0 Å². The van der Waals surface area contributed by atoms with E-state index in [1.807, 2.05) is 30.3 Å². The van der Waals surface area contributed by atoms with Gasteiger partial charge in [0.2, 0.25) is 0 Å². The summed E-state index contributed by atoms with van der Waals surface area (Å²) in [5, 5.41) is 2.85. The molecule has 4 nitrogen and oxygen atoms in total. The molecule has 3 aromatic rings. The molecule has 7 heteroatoms. The molecule has 0 bridgehead atoms. The SMILES string of the molecule is O=C(COc1cccc(F)c1)N[C@@H](c1ccccc1)c1ccc(OC(F)F)cc1. The maximum Gasteiger partial charge on any atom is 0.387 e. The summed E-state index contributed by atoms with van der Waals surface area (Å²) in [4.78, 5) is 12.4. The lowest BCUT2D eigenvalue weighted by Crippen LogP contribution is -2.33. The van der Waals surface area contributed by atoms with Gasteiger partial charge in [-0.15, -0.1) is 0 Å². The first-order valence-electron chi connectivity index (χ1n) is 8.79. The van der Waals surface area contributed by atoms with Crippen LogP contribution in [-0.4, -0.2) is 19.1 Å². The fraction of sp³-hybridized carbons (Fsp3) is 0.136. The number of nitrogens with one attached hydrogen (secondary N) is 1. The van der Waals surface area contributed by atoms with E-state index in [1.54, 1.807) is 18.2 Å². The second-order valence-corrected chi connectivity index (χ2v) is 6.10. The average Bonchev–Trinajstić information content (AvgIpc) is 2.71. The molecule has 0 unspecified atom stereocenters. The number of halogens is 3. The summed E-state index contributed by atoms with van der Waals surface area (Å²) < 4.78 is 47.6. The van der Waals surface area contributed by atoms with E-state index in [4.69, 9.17) is 4.74 Å². The van der Waals surface area contributed by atoms with Crippen LogP contribution in [0.4, 0.5) is 13.2 Å². The number of amides is 1. The van der Waals surface area contributed by atoms with Gasteiger partial charge in [-0.1, -0.05) is 48.5 Å². The molecule has 0 saturated heterocycles. The van der Waals surface area contributed by atoms with Crippen LogP contribution >= 0.6 is 0 Å². The Kier molecular flexibility index (Phi) is 6.73. The Balaban J connectivity index is 1.73. The van der Waals surface area contributed by atoms with Crippen molar-refractivity contribution in [1.82, 2.24) is 5.32 Å². The summed E-state index contributed by atoms with van der Waals surface area (Å²) in [5.41, 5.74) is 1.48. The van der Waals surface area contributed by atoms with E-state index in [0.717, 1.165) is 5.56 Å². The van der Waals surface area contributed by atoms with E-state index in [0.29, 0.717) is 5.56 Å². The molecule has 1 N–H and O–H groups in total. The number of rotatable bonds is 8. The van der Waals surface area contributed by atoms with Crippen LogP contribution in [0, 0.1) is 5.82 Å². The Labute approximate surface area is 165 Å². The van der Waals surface area contributed by atoms with Gasteiger partial charge in [0.15, 0.2) is 6.61 Å². The first kappa shape index (κ1) is 20.3. The van der Waals surface area contributed by atoms with Gasteiger partial charge in [0.25, 0.3) is 5.91 Å². The zero-order valence-corrected chi connectivity index (χ0v) is 15.2. The summed E-state index contributed by atoms with van der Waals surface area (Å²) in [6.07, 6.45) is 0. The first-order valence-corrected chi connectivity index (χ1v) is 8.79. The van der Waals surface area contributed by atoms with Crippen LogP contribution in [0.5, 0.6) is 11.5 Å². The molecule has 150 valence electrons. The van der Waals surface area contributed by atoms with Crippen molar-refractivity contribution in [2.45, 2.75) is 12.7 Å². The lowest BCUT2D eigenvalue weighted by Gasteiger charge is -2.20. The van der Waals surface area contributed by atoms with Crippen LogP contribution in [0.2, 0.25) is 0 Å². The highest BCUT2D eigenvalue weighted by atomic mass is 19.3. The molecule has 0 aliphatic rings. The van der Waals surface area contributed by atoms with Crippen LogP contribution in [-0.2, 0) is 4.79 Å². The number of hydrogen-bond donors (Lipinski definition) is 1. The molecule has 0 fully saturated rings. The molecule has 29 heavy (non-hydrogen) atoms. The average molecular weight is 401 g/mol. The standard InChI is InChI=1S/C22H18F3NO3/c23-17-7-4-8-19(13-17)28-14-20(27)26-21(15-5-2-1-3-6-15)16-9-11-18(12-10-16)29-22(24)25/h1-13,21-22H,14H2,(H,26,27)/t21-/m0/s1. The van der Waals surface area contributed by atoms with Crippen molar-refractivity contribution in [1.29, 1.82) is 0 Å². The fourth-order valence-corrected chi connectivity index (χ4v) is 2.75. The minimum Gasteiger partial charge on any atom is -0.484 e. The van der Waals surface area contributed by atoms with Crippen LogP contribution in [0.15, 0.2) is 78.9 Å². The minimum absolute atomic E-state index is 0.0244. The van der Waals surface area contributed by atoms with Gasteiger partial charge in [-0.25, -0.2) is 4.39 Å². The molecule has 0 spiro atoms. The molecule has 0 aromatic heterocycles. The molecule has 1 atom stereocenters. The van der Waals surface area contributed by atoms with Gasteiger partial charge < -0.3 is 14.8 Å². The Hall–Kier alpha value is -3.48. The zero-order valence-electron chi connectivity index (χ0n) is 15.2. The highest BCUT2D eigenvalue weighted by molar-refractivity contribution is 5.78. The van der Waals surface area contributed by atoms with Crippen molar-refractivity contribution in [3.63, 3.8) is 0 Å². The molecule has 0 aliphatic carbocycles. The molecular weight excluding hydrogens is 383 g/mol. The largest absolute Gasteiger partial charge is 0.484 e. The fourth-order valence-electron chi connectivity index (χ4n) is 2.75. The molecule has 0 radical (unpaired) electrons. The third-order valence-corrected chi connectivity index (χ3v) is 4.04. The number of alkyl halides is 2. The summed E-state index contributed by atoms with van der Waals surface area (Å²) in [6, 6.07) is 20.2. The highest BCUT2D eigenvalue weighted by Gasteiger charge is 2.18. The molecule has 3 aromatic carbocycles. The van der Waals surface area contributed by atoms with Crippen molar-refractivity contribution in [2.75, 3.05) is 6.61 Å². The smallest absolute Gasteiger partial charge is 0.387 e. The Morgan fingerprint density at radius 2 is 1.55 bits per heavy atom. The Bertz CT molecular complexity index is 934. The summed E-state index contributed by atoms with van der Waals surface area (Å²) in [6.45, 7) is -3.22. The number of carbonyl (C=O) groups excluding carboxylic acids is 1. The van der Waals surface area contributed by atoms with E-state index in [-0.39, 0.29) is 18.1 Å². The first-order chi connectivity index (χ1) is 14.0. The van der Waals surface area contributed by atoms with Gasteiger partial charge in [-0.05, 0) is 35.4 Å². The molecule has 0 aliphatic heterocycles. The normalized spacial score (nSPS) is 11.7. The van der Waals surface area contributed by atoms with E-state index in [1.165, 1.54) is 30.3 Å². The molecule has 3 rings (SSSR count). The van der Waals surface area contributed by atoms with Crippen LogP contribution in [0.3, 0.4) is 0 Å². The predicted octanol–water partition coefficient (Wildman–Crippen LogP) is 4.71. The maximum atomic E-state index is 13.2. The third kappa shape index (κ3) is 6.00. The van der Waals surface area contributed by atoms with Gasteiger partial charge in [-0.3, -0.25) is 4.79 Å². The summed E-state index contributed by atoms with van der Waals surface area (Å²) >= 11 is 0. The van der Waals surface area contributed by atoms with Crippen LogP contribution in [0.25, 0.3) is 0 Å². The topological polar surface area (TPSA) is 47.6 Å². The van der Waals surface area contributed by atoms with Crippen molar-refractivity contribution in [3.8, 4) is 11.5 Å². The van der Waals surface area contributed by atoms with Gasteiger partial charge in [0, 0.05) is 6.07 Å².